The van der Waals surface area contributed by atoms with Gasteiger partial charge in [0.05, 0.1) is 6.21 Å². The maximum atomic E-state index is 11.1. The summed E-state index contributed by atoms with van der Waals surface area (Å²) in [7, 11) is -3.58. The molecule has 0 atom stereocenters. The van der Waals surface area contributed by atoms with Gasteiger partial charge in [-0.1, -0.05) is 13.8 Å². The summed E-state index contributed by atoms with van der Waals surface area (Å²) in [5.74, 6) is 0.620. The van der Waals surface area contributed by atoms with Gasteiger partial charge in [-0.05, 0) is 18.1 Å². The van der Waals surface area contributed by atoms with Gasteiger partial charge < -0.3 is 0 Å². The summed E-state index contributed by atoms with van der Waals surface area (Å²) in [4.78, 5) is 4.23. The third-order valence-corrected chi connectivity index (χ3v) is 2.93. The van der Waals surface area contributed by atoms with E-state index in [4.69, 9.17) is 0 Å². The van der Waals surface area contributed by atoms with Gasteiger partial charge in [-0.2, -0.15) is 12.8 Å². The van der Waals surface area contributed by atoms with Gasteiger partial charge in [0.2, 0.25) is 0 Å². The lowest BCUT2D eigenvalue weighted by atomic mass is 10.1. The standard InChI is InChI=1S/C9H11N3O2S/c1-6(2)8-4-3-7-5-10-15(13,14)12-9(7)11-8/h3-6H,1-2H3,(H,11,12). The van der Waals surface area contributed by atoms with Crippen LogP contribution in [-0.4, -0.2) is 19.6 Å². The van der Waals surface area contributed by atoms with Gasteiger partial charge in [-0.15, -0.1) is 0 Å². The van der Waals surface area contributed by atoms with E-state index >= 15 is 0 Å². The van der Waals surface area contributed by atoms with Gasteiger partial charge in [0.1, 0.15) is 5.82 Å². The molecule has 2 heterocycles. The second kappa shape index (κ2) is 3.30. The van der Waals surface area contributed by atoms with Crippen molar-refractivity contribution in [1.82, 2.24) is 4.98 Å². The number of aromatic nitrogens is 1. The Labute approximate surface area is 88.4 Å². The van der Waals surface area contributed by atoms with Crippen LogP contribution in [0.5, 0.6) is 0 Å². The predicted molar refractivity (Wildman–Crippen MR) is 58.5 cm³/mol. The molecular weight excluding hydrogens is 214 g/mol. The van der Waals surface area contributed by atoms with Crippen LogP contribution in [0.4, 0.5) is 5.82 Å². The van der Waals surface area contributed by atoms with E-state index in [1.165, 1.54) is 6.21 Å². The number of anilines is 1. The topological polar surface area (TPSA) is 71.4 Å². The van der Waals surface area contributed by atoms with Gasteiger partial charge >= 0.3 is 10.2 Å². The molecule has 0 fully saturated rings. The molecule has 0 aromatic carbocycles. The van der Waals surface area contributed by atoms with Crippen molar-refractivity contribution in [3.05, 3.63) is 23.4 Å². The molecule has 0 unspecified atom stereocenters. The minimum absolute atomic E-state index is 0.263. The first-order valence-corrected chi connectivity index (χ1v) is 6.01. The number of hydrogen-bond donors (Lipinski definition) is 1. The lowest BCUT2D eigenvalue weighted by Crippen LogP contribution is -2.17. The molecule has 0 amide bonds. The SMILES string of the molecule is CC(C)c1ccc2c(n1)NS(=O)(=O)N=C2. The van der Waals surface area contributed by atoms with E-state index in [-0.39, 0.29) is 5.92 Å². The molecule has 0 saturated heterocycles. The molecule has 80 valence electrons. The smallest absolute Gasteiger partial charge is 0.248 e. The molecule has 1 aromatic heterocycles. The van der Waals surface area contributed by atoms with E-state index in [0.717, 1.165) is 5.69 Å². The maximum Gasteiger partial charge on any atom is 0.343 e. The van der Waals surface area contributed by atoms with Crippen LogP contribution in [0, 0.1) is 0 Å². The number of hydrogen-bond acceptors (Lipinski definition) is 3. The van der Waals surface area contributed by atoms with Crippen molar-refractivity contribution < 1.29 is 8.42 Å². The molecule has 1 aliphatic heterocycles. The summed E-state index contributed by atoms with van der Waals surface area (Å²) < 4.78 is 28.0. The Balaban J connectivity index is 2.51. The summed E-state index contributed by atoms with van der Waals surface area (Å²) in [5.41, 5.74) is 1.54. The first-order valence-electron chi connectivity index (χ1n) is 4.57. The normalized spacial score (nSPS) is 17.3. The lowest BCUT2D eigenvalue weighted by Gasteiger charge is -2.13. The molecule has 1 N–H and O–H groups in total. The van der Waals surface area contributed by atoms with Crippen molar-refractivity contribution in [2.45, 2.75) is 19.8 Å². The van der Waals surface area contributed by atoms with Crippen LogP contribution in [0.2, 0.25) is 0 Å². The van der Waals surface area contributed by atoms with E-state index in [1.54, 1.807) is 0 Å². The van der Waals surface area contributed by atoms with E-state index in [9.17, 15) is 8.42 Å². The van der Waals surface area contributed by atoms with Crippen molar-refractivity contribution >= 4 is 22.2 Å². The molecule has 0 saturated carbocycles. The van der Waals surface area contributed by atoms with Crippen LogP contribution in [0.25, 0.3) is 0 Å². The third-order valence-electron chi connectivity index (χ3n) is 2.10. The first kappa shape index (κ1) is 10.1. The highest BCUT2D eigenvalue weighted by Gasteiger charge is 2.17. The molecule has 1 aliphatic rings. The van der Waals surface area contributed by atoms with Gasteiger partial charge in [0.15, 0.2) is 0 Å². The molecule has 0 spiro atoms. The first-order chi connectivity index (χ1) is 6.98. The Kier molecular flexibility index (Phi) is 2.22. The second-order valence-corrected chi connectivity index (χ2v) is 5.01. The fraction of sp³-hybridized carbons (Fsp3) is 0.333. The summed E-state index contributed by atoms with van der Waals surface area (Å²) >= 11 is 0. The zero-order valence-electron chi connectivity index (χ0n) is 8.43. The lowest BCUT2D eigenvalue weighted by molar-refractivity contribution is 0.602. The van der Waals surface area contributed by atoms with Gasteiger partial charge in [-0.3, -0.25) is 0 Å². The maximum absolute atomic E-state index is 11.1. The molecule has 2 rings (SSSR count). The van der Waals surface area contributed by atoms with E-state index < -0.39 is 10.2 Å². The van der Waals surface area contributed by atoms with E-state index in [0.29, 0.717) is 11.4 Å². The number of pyridine rings is 1. The molecule has 6 heteroatoms. The number of fused-ring (bicyclic) bond motifs is 1. The third kappa shape index (κ3) is 1.99. The van der Waals surface area contributed by atoms with E-state index in [2.05, 4.69) is 14.1 Å². The molecule has 0 aliphatic carbocycles. The van der Waals surface area contributed by atoms with E-state index in [1.807, 2.05) is 26.0 Å². The van der Waals surface area contributed by atoms with Gasteiger partial charge in [0.25, 0.3) is 0 Å². The number of nitrogens with one attached hydrogen (secondary N) is 1. The largest absolute Gasteiger partial charge is 0.343 e. The van der Waals surface area contributed by atoms with Gasteiger partial charge in [0, 0.05) is 11.3 Å². The highest BCUT2D eigenvalue weighted by molar-refractivity contribution is 7.91. The zero-order chi connectivity index (χ0) is 11.1. The number of nitrogens with zero attached hydrogens (tertiary/aromatic N) is 2. The monoisotopic (exact) mass is 225 g/mol. The van der Waals surface area contributed by atoms with Crippen molar-refractivity contribution in [2.24, 2.45) is 4.40 Å². The van der Waals surface area contributed by atoms with Crippen LogP contribution >= 0.6 is 0 Å². The van der Waals surface area contributed by atoms with Crippen LogP contribution in [0.1, 0.15) is 31.0 Å². The Morgan fingerprint density at radius 1 is 1.33 bits per heavy atom. The second-order valence-electron chi connectivity index (χ2n) is 3.64. The summed E-state index contributed by atoms with van der Waals surface area (Å²) in [6, 6.07) is 3.68. The summed E-state index contributed by atoms with van der Waals surface area (Å²) in [6.45, 7) is 4.00. The Hall–Kier alpha value is -1.43. The van der Waals surface area contributed by atoms with Crippen LogP contribution in [0.3, 0.4) is 0 Å². The summed E-state index contributed by atoms with van der Waals surface area (Å²) in [6.07, 6.45) is 1.30. The number of rotatable bonds is 1. The Morgan fingerprint density at radius 3 is 2.73 bits per heavy atom. The Morgan fingerprint density at radius 2 is 2.07 bits per heavy atom. The zero-order valence-corrected chi connectivity index (χ0v) is 9.25. The molecule has 15 heavy (non-hydrogen) atoms. The van der Waals surface area contributed by atoms with Crippen molar-refractivity contribution in [3.63, 3.8) is 0 Å². The molecule has 1 aromatic rings. The fourth-order valence-electron chi connectivity index (χ4n) is 1.27. The highest BCUT2D eigenvalue weighted by atomic mass is 32.2. The average Bonchev–Trinajstić information content (AvgIpc) is 2.15. The van der Waals surface area contributed by atoms with Crippen LogP contribution in [-0.2, 0) is 10.2 Å². The van der Waals surface area contributed by atoms with Crippen molar-refractivity contribution in [1.29, 1.82) is 0 Å². The fourth-order valence-corrected chi connectivity index (χ4v) is 1.98. The Bertz CT molecular complexity index is 520. The molecule has 0 radical (unpaired) electrons. The predicted octanol–water partition coefficient (Wildman–Crippen LogP) is 1.29. The highest BCUT2D eigenvalue weighted by Crippen LogP contribution is 2.21. The van der Waals surface area contributed by atoms with Gasteiger partial charge in [-0.25, -0.2) is 9.71 Å². The molecule has 0 bridgehead atoms. The van der Waals surface area contributed by atoms with Crippen molar-refractivity contribution in [2.75, 3.05) is 4.72 Å². The van der Waals surface area contributed by atoms with Crippen molar-refractivity contribution in [3.8, 4) is 0 Å². The minimum atomic E-state index is -3.58. The molecule has 5 nitrogen and oxygen atoms in total. The van der Waals surface area contributed by atoms with Crippen LogP contribution < -0.4 is 4.72 Å². The quantitative estimate of drug-likeness (QED) is 0.782. The summed E-state index contributed by atoms with van der Waals surface area (Å²) in [5, 5.41) is 0. The van der Waals surface area contributed by atoms with Crippen LogP contribution in [0.15, 0.2) is 16.5 Å². The average molecular weight is 225 g/mol. The molecular formula is C9H11N3O2S. The minimum Gasteiger partial charge on any atom is -0.248 e.